The van der Waals surface area contributed by atoms with E-state index < -0.39 is 17.8 Å². The van der Waals surface area contributed by atoms with Crippen LogP contribution in [0.4, 0.5) is 4.39 Å². The second-order valence-corrected chi connectivity index (χ2v) is 8.27. The number of benzene rings is 3. The fraction of sp³-hybridized carbons (Fsp3) is 0.286. The van der Waals surface area contributed by atoms with E-state index in [1.807, 2.05) is 69.3 Å². The van der Waals surface area contributed by atoms with Crippen molar-refractivity contribution in [3.05, 3.63) is 101 Å². The van der Waals surface area contributed by atoms with Gasteiger partial charge in [0.05, 0.1) is 0 Å². The second kappa shape index (κ2) is 12.0. The molecular weight excluding hydrogens is 431 g/mol. The van der Waals surface area contributed by atoms with Gasteiger partial charge in [0, 0.05) is 25.1 Å². The molecule has 178 valence electrons. The number of amides is 2. The molecular formula is C28H31FN2O3. The lowest BCUT2D eigenvalue weighted by atomic mass is 10.0. The number of rotatable bonds is 10. The quantitative estimate of drug-likeness (QED) is 0.479. The molecule has 34 heavy (non-hydrogen) atoms. The van der Waals surface area contributed by atoms with Crippen molar-refractivity contribution in [3.8, 4) is 5.75 Å². The molecule has 0 fully saturated rings. The first-order chi connectivity index (χ1) is 16.4. The highest BCUT2D eigenvalue weighted by atomic mass is 19.1. The fourth-order valence-corrected chi connectivity index (χ4v) is 3.84. The highest BCUT2D eigenvalue weighted by Gasteiger charge is 2.31. The number of halogens is 1. The molecule has 3 aromatic carbocycles. The van der Waals surface area contributed by atoms with Crippen LogP contribution in [0.5, 0.6) is 5.75 Å². The van der Waals surface area contributed by atoms with Gasteiger partial charge in [0.25, 0.3) is 5.91 Å². The number of nitrogens with one attached hydrogen (secondary N) is 1. The molecule has 0 spiro atoms. The number of ether oxygens (including phenoxy) is 1. The summed E-state index contributed by atoms with van der Waals surface area (Å²) in [6, 6.07) is 20.7. The molecule has 0 radical (unpaired) electrons. The van der Waals surface area contributed by atoms with E-state index in [4.69, 9.17) is 4.74 Å². The summed E-state index contributed by atoms with van der Waals surface area (Å²) >= 11 is 0. The molecule has 0 heterocycles. The summed E-state index contributed by atoms with van der Waals surface area (Å²) in [6.07, 6.45) is 0.302. The van der Waals surface area contributed by atoms with Crippen LogP contribution in [0, 0.1) is 19.7 Å². The third-order valence-electron chi connectivity index (χ3n) is 5.60. The molecule has 1 N–H and O–H groups in total. The van der Waals surface area contributed by atoms with Crippen LogP contribution in [-0.4, -0.2) is 35.9 Å². The van der Waals surface area contributed by atoms with Crippen LogP contribution >= 0.6 is 0 Å². The summed E-state index contributed by atoms with van der Waals surface area (Å²) in [4.78, 5) is 28.0. The topological polar surface area (TPSA) is 58.6 Å². The van der Waals surface area contributed by atoms with E-state index in [9.17, 15) is 14.0 Å². The second-order valence-electron chi connectivity index (χ2n) is 8.27. The molecule has 2 amide bonds. The zero-order chi connectivity index (χ0) is 24.5. The Morgan fingerprint density at radius 2 is 1.71 bits per heavy atom. The van der Waals surface area contributed by atoms with Crippen LogP contribution in [-0.2, 0) is 22.6 Å². The molecule has 3 rings (SSSR count). The van der Waals surface area contributed by atoms with Crippen LogP contribution in [0.15, 0.2) is 72.8 Å². The number of hydrogen-bond acceptors (Lipinski definition) is 3. The number of hydrogen-bond donors (Lipinski definition) is 1. The normalized spacial score (nSPS) is 11.5. The molecule has 0 aliphatic rings. The molecule has 0 unspecified atom stereocenters. The van der Waals surface area contributed by atoms with Gasteiger partial charge < -0.3 is 15.0 Å². The Morgan fingerprint density at radius 3 is 2.38 bits per heavy atom. The number of likely N-dealkylation sites (N-methyl/N-ethyl adjacent to an activating group) is 1. The summed E-state index contributed by atoms with van der Waals surface area (Å²) in [5.41, 5.74) is 3.25. The SMILES string of the molecule is CCNC(=O)[C@@H](Cc1ccccc1)N(Cc1ccccc1F)C(=O)COc1ccc(C)cc1C. The van der Waals surface area contributed by atoms with Crippen molar-refractivity contribution < 1.29 is 18.7 Å². The van der Waals surface area contributed by atoms with Crippen LogP contribution in [0.1, 0.15) is 29.2 Å². The average molecular weight is 463 g/mol. The van der Waals surface area contributed by atoms with Gasteiger partial charge in [0.2, 0.25) is 5.91 Å². The largest absolute Gasteiger partial charge is 0.483 e. The summed E-state index contributed by atoms with van der Waals surface area (Å²) in [5.74, 6) is -0.509. The van der Waals surface area contributed by atoms with Gasteiger partial charge in [-0.3, -0.25) is 9.59 Å². The Bertz CT molecular complexity index is 1120. The van der Waals surface area contributed by atoms with Crippen LogP contribution in [0.2, 0.25) is 0 Å². The lowest BCUT2D eigenvalue weighted by Gasteiger charge is -2.31. The lowest BCUT2D eigenvalue weighted by Crippen LogP contribution is -2.51. The van der Waals surface area contributed by atoms with Crippen LogP contribution < -0.4 is 10.1 Å². The molecule has 0 saturated carbocycles. The number of aryl methyl sites for hydroxylation is 2. The first-order valence-corrected chi connectivity index (χ1v) is 11.4. The zero-order valence-corrected chi connectivity index (χ0v) is 19.9. The van der Waals surface area contributed by atoms with E-state index in [0.717, 1.165) is 16.7 Å². The Hall–Kier alpha value is -3.67. The van der Waals surface area contributed by atoms with E-state index in [2.05, 4.69) is 5.32 Å². The summed E-state index contributed by atoms with van der Waals surface area (Å²) < 4.78 is 20.4. The standard InChI is InChI=1S/C28H31FN2O3/c1-4-30-28(33)25(17-22-10-6-5-7-11-22)31(18-23-12-8-9-13-24(23)29)27(32)19-34-26-15-14-20(2)16-21(26)3/h5-16,25H,4,17-19H2,1-3H3,(H,30,33)/t25-/m1/s1. The minimum absolute atomic E-state index is 0.0453. The van der Waals surface area contributed by atoms with Crippen molar-refractivity contribution in [2.75, 3.05) is 13.2 Å². The molecule has 0 aliphatic heterocycles. The van der Waals surface area contributed by atoms with E-state index in [1.165, 1.54) is 11.0 Å². The van der Waals surface area contributed by atoms with Crippen molar-refractivity contribution >= 4 is 11.8 Å². The molecule has 0 aliphatic carbocycles. The van der Waals surface area contributed by atoms with Gasteiger partial charge in [-0.1, -0.05) is 66.2 Å². The Kier molecular flexibility index (Phi) is 8.79. The number of carbonyl (C=O) groups is 2. The molecule has 3 aromatic rings. The maximum Gasteiger partial charge on any atom is 0.261 e. The van der Waals surface area contributed by atoms with Gasteiger partial charge in [-0.05, 0) is 44.0 Å². The monoisotopic (exact) mass is 462 g/mol. The Labute approximate surface area is 200 Å². The van der Waals surface area contributed by atoms with E-state index in [-0.39, 0.29) is 19.1 Å². The predicted octanol–water partition coefficient (Wildman–Crippen LogP) is 4.60. The van der Waals surface area contributed by atoms with Crippen LogP contribution in [0.25, 0.3) is 0 Å². The smallest absolute Gasteiger partial charge is 0.261 e. The zero-order valence-electron chi connectivity index (χ0n) is 19.9. The third-order valence-corrected chi connectivity index (χ3v) is 5.60. The van der Waals surface area contributed by atoms with Crippen molar-refractivity contribution in [1.82, 2.24) is 10.2 Å². The van der Waals surface area contributed by atoms with Crippen molar-refractivity contribution in [2.24, 2.45) is 0 Å². The van der Waals surface area contributed by atoms with Gasteiger partial charge in [0.15, 0.2) is 6.61 Å². The maximum atomic E-state index is 14.5. The summed E-state index contributed by atoms with van der Waals surface area (Å²) in [7, 11) is 0. The van der Waals surface area contributed by atoms with E-state index in [0.29, 0.717) is 24.3 Å². The first kappa shape index (κ1) is 25.0. The predicted molar refractivity (Wildman–Crippen MR) is 131 cm³/mol. The van der Waals surface area contributed by atoms with Crippen molar-refractivity contribution in [1.29, 1.82) is 0 Å². The minimum atomic E-state index is -0.822. The van der Waals surface area contributed by atoms with Crippen LogP contribution in [0.3, 0.4) is 0 Å². The molecule has 6 heteroatoms. The Balaban J connectivity index is 1.91. The highest BCUT2D eigenvalue weighted by Crippen LogP contribution is 2.20. The van der Waals surface area contributed by atoms with Gasteiger partial charge in [-0.2, -0.15) is 0 Å². The van der Waals surface area contributed by atoms with E-state index >= 15 is 0 Å². The number of carbonyl (C=O) groups excluding carboxylic acids is 2. The molecule has 1 atom stereocenters. The average Bonchev–Trinajstić information content (AvgIpc) is 2.82. The first-order valence-electron chi connectivity index (χ1n) is 11.4. The van der Waals surface area contributed by atoms with Gasteiger partial charge >= 0.3 is 0 Å². The molecule has 0 bridgehead atoms. The number of nitrogens with zero attached hydrogens (tertiary/aromatic N) is 1. The molecule has 0 aromatic heterocycles. The van der Waals surface area contributed by atoms with Crippen molar-refractivity contribution in [3.63, 3.8) is 0 Å². The highest BCUT2D eigenvalue weighted by molar-refractivity contribution is 5.88. The molecule has 5 nitrogen and oxygen atoms in total. The molecule has 0 saturated heterocycles. The van der Waals surface area contributed by atoms with E-state index in [1.54, 1.807) is 18.2 Å². The summed E-state index contributed by atoms with van der Waals surface area (Å²) in [6.45, 7) is 5.84. The summed E-state index contributed by atoms with van der Waals surface area (Å²) in [5, 5.41) is 2.82. The minimum Gasteiger partial charge on any atom is -0.483 e. The lowest BCUT2D eigenvalue weighted by molar-refractivity contribution is -0.142. The van der Waals surface area contributed by atoms with Gasteiger partial charge in [-0.15, -0.1) is 0 Å². The Morgan fingerprint density at radius 1 is 1.00 bits per heavy atom. The third kappa shape index (κ3) is 6.67. The van der Waals surface area contributed by atoms with Gasteiger partial charge in [0.1, 0.15) is 17.6 Å². The fourth-order valence-electron chi connectivity index (χ4n) is 3.84. The van der Waals surface area contributed by atoms with Crippen molar-refractivity contribution in [2.45, 2.75) is 39.8 Å². The maximum absolute atomic E-state index is 14.5. The van der Waals surface area contributed by atoms with Gasteiger partial charge in [-0.25, -0.2) is 4.39 Å².